The lowest BCUT2D eigenvalue weighted by Crippen LogP contribution is -2.40. The summed E-state index contributed by atoms with van der Waals surface area (Å²) < 4.78 is 19.4. The van der Waals surface area contributed by atoms with Gasteiger partial charge in [-0.2, -0.15) is 0 Å². The van der Waals surface area contributed by atoms with Gasteiger partial charge in [0.1, 0.15) is 18.2 Å². The molecule has 0 saturated carbocycles. The lowest BCUT2D eigenvalue weighted by atomic mass is 10.2. The molecule has 1 aromatic heterocycles. The van der Waals surface area contributed by atoms with Gasteiger partial charge in [0.05, 0.1) is 30.8 Å². The van der Waals surface area contributed by atoms with Gasteiger partial charge in [0.2, 0.25) is 0 Å². The molecule has 0 unspecified atom stereocenters. The summed E-state index contributed by atoms with van der Waals surface area (Å²) in [6.45, 7) is 3.31. The smallest absolute Gasteiger partial charge is 0.318 e. The Morgan fingerprint density at radius 3 is 3.18 bits per heavy atom. The molecule has 2 heterocycles. The molecule has 1 aliphatic heterocycles. The zero-order chi connectivity index (χ0) is 15.5. The predicted octanol–water partition coefficient (Wildman–Crippen LogP) is 2.69. The van der Waals surface area contributed by atoms with Crippen LogP contribution in [0.4, 0.5) is 9.18 Å². The average Bonchev–Trinajstić information content (AvgIpc) is 2.79. The number of hydrogen-bond acceptors (Lipinski definition) is 4. The quantitative estimate of drug-likeness (QED) is 0.925. The molecule has 1 aliphatic rings. The van der Waals surface area contributed by atoms with E-state index in [-0.39, 0.29) is 18.4 Å². The van der Waals surface area contributed by atoms with Gasteiger partial charge in [-0.1, -0.05) is 6.07 Å². The summed E-state index contributed by atoms with van der Waals surface area (Å²) in [4.78, 5) is 19.0. The number of nitrogens with zero attached hydrogens (tertiary/aromatic N) is 2. The van der Waals surface area contributed by atoms with Crippen molar-refractivity contribution in [1.29, 1.82) is 0 Å². The number of thiazole rings is 1. The SMILES string of the molecule is Cc1ncsc1CNC(=O)N1CCOc2cccc(F)c2C1. The molecule has 7 heteroatoms. The average molecular weight is 321 g/mol. The Morgan fingerprint density at radius 2 is 2.41 bits per heavy atom. The molecule has 0 aliphatic carbocycles. The van der Waals surface area contributed by atoms with Crippen LogP contribution in [0.5, 0.6) is 5.75 Å². The summed E-state index contributed by atoms with van der Waals surface area (Å²) >= 11 is 1.50. The highest BCUT2D eigenvalue weighted by atomic mass is 32.1. The van der Waals surface area contributed by atoms with Crippen LogP contribution < -0.4 is 10.1 Å². The van der Waals surface area contributed by atoms with Crippen molar-refractivity contribution >= 4 is 17.4 Å². The number of halogens is 1. The van der Waals surface area contributed by atoms with Crippen LogP contribution in [-0.2, 0) is 13.1 Å². The molecule has 1 N–H and O–H groups in total. The molecule has 0 fully saturated rings. The molecule has 2 aromatic rings. The van der Waals surface area contributed by atoms with Crippen molar-refractivity contribution in [2.45, 2.75) is 20.0 Å². The van der Waals surface area contributed by atoms with Crippen molar-refractivity contribution < 1.29 is 13.9 Å². The van der Waals surface area contributed by atoms with Crippen LogP contribution in [0, 0.1) is 12.7 Å². The maximum absolute atomic E-state index is 13.9. The van der Waals surface area contributed by atoms with Crippen LogP contribution in [0.25, 0.3) is 0 Å². The van der Waals surface area contributed by atoms with Crippen LogP contribution in [0.2, 0.25) is 0 Å². The van der Waals surface area contributed by atoms with E-state index in [4.69, 9.17) is 4.74 Å². The summed E-state index contributed by atoms with van der Waals surface area (Å²) in [6, 6.07) is 4.48. The second-order valence-electron chi connectivity index (χ2n) is 5.01. The highest BCUT2D eigenvalue weighted by Gasteiger charge is 2.22. The number of urea groups is 1. The Bertz CT molecular complexity index is 689. The lowest BCUT2D eigenvalue weighted by molar-refractivity contribution is 0.187. The largest absolute Gasteiger partial charge is 0.491 e. The van der Waals surface area contributed by atoms with Crippen LogP contribution in [-0.4, -0.2) is 29.1 Å². The zero-order valence-corrected chi connectivity index (χ0v) is 13.0. The predicted molar refractivity (Wildman–Crippen MR) is 81.4 cm³/mol. The first-order valence-corrected chi connectivity index (χ1v) is 7.85. The topological polar surface area (TPSA) is 54.5 Å². The zero-order valence-electron chi connectivity index (χ0n) is 12.1. The number of carbonyl (C=O) groups excluding carboxylic acids is 1. The monoisotopic (exact) mass is 321 g/mol. The third kappa shape index (κ3) is 3.04. The number of ether oxygens (including phenoxy) is 1. The maximum atomic E-state index is 13.9. The summed E-state index contributed by atoms with van der Waals surface area (Å²) in [5, 5.41) is 2.85. The first-order chi connectivity index (χ1) is 10.6. The Kier molecular flexibility index (Phi) is 4.24. The molecule has 2 amide bonds. The fraction of sp³-hybridized carbons (Fsp3) is 0.333. The van der Waals surface area contributed by atoms with E-state index in [1.165, 1.54) is 17.4 Å². The number of aromatic nitrogens is 1. The molecule has 0 saturated heterocycles. The highest BCUT2D eigenvalue weighted by molar-refractivity contribution is 7.09. The lowest BCUT2D eigenvalue weighted by Gasteiger charge is -2.20. The summed E-state index contributed by atoms with van der Waals surface area (Å²) in [5.74, 6) is 0.157. The van der Waals surface area contributed by atoms with Crippen molar-refractivity contribution in [3.8, 4) is 5.75 Å². The van der Waals surface area contributed by atoms with Crippen molar-refractivity contribution in [3.05, 3.63) is 45.7 Å². The fourth-order valence-electron chi connectivity index (χ4n) is 2.30. The molecule has 5 nitrogen and oxygen atoms in total. The van der Waals surface area contributed by atoms with E-state index in [0.717, 1.165) is 10.6 Å². The van der Waals surface area contributed by atoms with Gasteiger partial charge in [0, 0.05) is 10.4 Å². The Labute approximate surface area is 131 Å². The van der Waals surface area contributed by atoms with Gasteiger partial charge >= 0.3 is 6.03 Å². The standard InChI is InChI=1S/C15H16FN3O2S/c1-10-14(22-9-18-10)7-17-15(20)19-5-6-21-13-4-2-3-12(16)11(13)8-19/h2-4,9H,5-8H2,1H3,(H,17,20). The molecule has 22 heavy (non-hydrogen) atoms. The second kappa shape index (κ2) is 6.31. The van der Waals surface area contributed by atoms with Crippen molar-refractivity contribution in [2.75, 3.05) is 13.2 Å². The van der Waals surface area contributed by atoms with E-state index in [1.807, 2.05) is 6.92 Å². The Balaban J connectivity index is 1.68. The van der Waals surface area contributed by atoms with Crippen LogP contribution >= 0.6 is 11.3 Å². The van der Waals surface area contributed by atoms with Gasteiger partial charge in [-0.25, -0.2) is 14.2 Å². The van der Waals surface area contributed by atoms with Gasteiger partial charge in [-0.15, -0.1) is 11.3 Å². The Morgan fingerprint density at radius 1 is 1.55 bits per heavy atom. The number of nitrogens with one attached hydrogen (secondary N) is 1. The van der Waals surface area contributed by atoms with Gasteiger partial charge in [-0.05, 0) is 19.1 Å². The van der Waals surface area contributed by atoms with Crippen LogP contribution in [0.1, 0.15) is 16.1 Å². The maximum Gasteiger partial charge on any atom is 0.318 e. The molecule has 0 bridgehead atoms. The molecule has 0 spiro atoms. The number of rotatable bonds is 2. The third-order valence-corrected chi connectivity index (χ3v) is 4.51. The van der Waals surface area contributed by atoms with Crippen molar-refractivity contribution in [2.24, 2.45) is 0 Å². The number of amides is 2. The number of hydrogen-bond donors (Lipinski definition) is 1. The summed E-state index contributed by atoms with van der Waals surface area (Å²) in [6.07, 6.45) is 0. The van der Waals surface area contributed by atoms with E-state index in [0.29, 0.717) is 31.0 Å². The van der Waals surface area contributed by atoms with Gasteiger partial charge in [0.25, 0.3) is 0 Å². The molecular weight excluding hydrogens is 305 g/mol. The van der Waals surface area contributed by atoms with Gasteiger partial charge < -0.3 is 15.0 Å². The molecule has 0 atom stereocenters. The first-order valence-electron chi connectivity index (χ1n) is 6.97. The molecular formula is C15H16FN3O2S. The summed E-state index contributed by atoms with van der Waals surface area (Å²) in [5.41, 5.74) is 3.09. The number of fused-ring (bicyclic) bond motifs is 1. The van der Waals surface area contributed by atoms with E-state index in [9.17, 15) is 9.18 Å². The minimum absolute atomic E-state index is 0.204. The molecule has 1 aromatic carbocycles. The Hall–Kier alpha value is -2.15. The number of benzene rings is 1. The molecule has 3 rings (SSSR count). The molecule has 0 radical (unpaired) electrons. The number of aryl methyl sites for hydroxylation is 1. The van der Waals surface area contributed by atoms with Gasteiger partial charge in [0.15, 0.2) is 0 Å². The second-order valence-corrected chi connectivity index (χ2v) is 5.95. The van der Waals surface area contributed by atoms with Crippen LogP contribution in [0.3, 0.4) is 0 Å². The van der Waals surface area contributed by atoms with E-state index in [2.05, 4.69) is 10.3 Å². The minimum atomic E-state index is -0.351. The van der Waals surface area contributed by atoms with E-state index >= 15 is 0 Å². The highest BCUT2D eigenvalue weighted by Crippen LogP contribution is 2.25. The summed E-state index contributed by atoms with van der Waals surface area (Å²) in [7, 11) is 0. The van der Waals surface area contributed by atoms with E-state index in [1.54, 1.807) is 22.5 Å². The van der Waals surface area contributed by atoms with Crippen LogP contribution in [0.15, 0.2) is 23.7 Å². The van der Waals surface area contributed by atoms with Crippen molar-refractivity contribution in [1.82, 2.24) is 15.2 Å². The van der Waals surface area contributed by atoms with E-state index < -0.39 is 0 Å². The minimum Gasteiger partial charge on any atom is -0.491 e. The van der Waals surface area contributed by atoms with Gasteiger partial charge in [-0.3, -0.25) is 0 Å². The molecule has 116 valence electrons. The third-order valence-electron chi connectivity index (χ3n) is 3.58. The fourth-order valence-corrected chi connectivity index (χ4v) is 3.02. The number of carbonyl (C=O) groups is 1. The first kappa shape index (κ1) is 14.8. The van der Waals surface area contributed by atoms with Crippen molar-refractivity contribution in [3.63, 3.8) is 0 Å². The normalized spacial score (nSPS) is 14.0.